The number of methoxy groups -OCH3 is 1. The van der Waals surface area contributed by atoms with Crippen LogP contribution in [0, 0.1) is 19.1 Å². The van der Waals surface area contributed by atoms with E-state index in [1.807, 2.05) is 24.3 Å². The lowest BCUT2D eigenvalue weighted by molar-refractivity contribution is -0.154. The van der Waals surface area contributed by atoms with Crippen molar-refractivity contribution in [3.8, 4) is 12.3 Å². The highest BCUT2D eigenvalue weighted by atomic mass is 16.5. The molecule has 0 saturated heterocycles. The number of ether oxygens (including phenoxy) is 2. The summed E-state index contributed by atoms with van der Waals surface area (Å²) in [6.07, 6.45) is 0.502. The Morgan fingerprint density at radius 1 is 1.41 bits per heavy atom. The fourth-order valence-corrected chi connectivity index (χ4v) is 3.78. The normalized spacial score (nSPS) is 24.0. The Hall–Kier alpha value is -2.83. The number of hydrogen-bond acceptors (Lipinski definition) is 4. The Balaban J connectivity index is 2.46. The molecule has 4 atom stereocenters. The zero-order valence-electron chi connectivity index (χ0n) is 15.7. The Kier molecular flexibility index (Phi) is 6.60. The van der Waals surface area contributed by atoms with Crippen LogP contribution in [0.5, 0.6) is 5.75 Å². The molecule has 6 heteroatoms. The maximum Gasteiger partial charge on any atom is 0.394 e. The molecule has 1 aliphatic carbocycles. The van der Waals surface area contributed by atoms with Gasteiger partial charge in [0.2, 0.25) is 0 Å². The Bertz CT molecular complexity index is 775. The molecule has 0 bridgehead atoms. The molecule has 2 rings (SSSR count). The molecular weight excluding hydrogens is 344 g/mol. The molecule has 0 amide bonds. The number of nitrogens with zero attached hydrogens (tertiary/aromatic N) is 2. The summed E-state index contributed by atoms with van der Waals surface area (Å²) in [5.41, 5.74) is -0.131. The molecule has 0 spiro atoms. The number of hydrogen-bond donors (Lipinski definition) is 1. The summed E-state index contributed by atoms with van der Waals surface area (Å²) in [7, 11) is 1.58. The first kappa shape index (κ1) is 20.5. The SMILES string of the molecule is [C-]#[N+]C(Cc1ccc(OC)cc1)(C(=C)[N+]#C)C1CC(O)CCC1OC(C)=O. The summed E-state index contributed by atoms with van der Waals surface area (Å²) in [5.74, 6) is -0.176. The van der Waals surface area contributed by atoms with Gasteiger partial charge in [0.25, 0.3) is 6.57 Å². The largest absolute Gasteiger partial charge is 0.497 e. The number of aliphatic hydroxyl groups excluding tert-OH is 1. The summed E-state index contributed by atoms with van der Waals surface area (Å²) < 4.78 is 10.7. The average molecular weight is 369 g/mol. The molecular formula is C21H25N2O4+. The van der Waals surface area contributed by atoms with Crippen molar-refractivity contribution in [2.24, 2.45) is 5.92 Å². The topological polar surface area (TPSA) is 64.5 Å². The van der Waals surface area contributed by atoms with E-state index in [2.05, 4.69) is 16.3 Å². The van der Waals surface area contributed by atoms with Crippen LogP contribution in [0.3, 0.4) is 0 Å². The molecule has 1 N–H and O–H groups in total. The van der Waals surface area contributed by atoms with Crippen molar-refractivity contribution < 1.29 is 19.4 Å². The molecule has 0 aliphatic heterocycles. The van der Waals surface area contributed by atoms with Crippen molar-refractivity contribution in [1.82, 2.24) is 0 Å². The van der Waals surface area contributed by atoms with Gasteiger partial charge in [-0.1, -0.05) is 12.1 Å². The smallest absolute Gasteiger partial charge is 0.394 e. The molecule has 1 aromatic rings. The van der Waals surface area contributed by atoms with Gasteiger partial charge < -0.3 is 14.6 Å². The van der Waals surface area contributed by atoms with Gasteiger partial charge in [0, 0.05) is 6.92 Å². The van der Waals surface area contributed by atoms with Gasteiger partial charge in [0.05, 0.1) is 25.6 Å². The second-order valence-corrected chi connectivity index (χ2v) is 6.86. The van der Waals surface area contributed by atoms with Gasteiger partial charge >= 0.3 is 17.2 Å². The maximum absolute atomic E-state index is 11.6. The quantitative estimate of drug-likeness (QED) is 0.616. The van der Waals surface area contributed by atoms with Crippen LogP contribution in [0.2, 0.25) is 0 Å². The first-order chi connectivity index (χ1) is 12.9. The van der Waals surface area contributed by atoms with E-state index in [0.29, 0.717) is 25.0 Å². The van der Waals surface area contributed by atoms with Crippen molar-refractivity contribution >= 4 is 5.97 Å². The summed E-state index contributed by atoms with van der Waals surface area (Å²) >= 11 is 0. The lowest BCUT2D eigenvalue weighted by Crippen LogP contribution is -2.49. The monoisotopic (exact) mass is 369 g/mol. The molecule has 1 fully saturated rings. The highest BCUT2D eigenvalue weighted by Crippen LogP contribution is 2.44. The molecule has 1 aromatic carbocycles. The number of aliphatic hydroxyl groups is 1. The van der Waals surface area contributed by atoms with Crippen LogP contribution in [0.1, 0.15) is 31.7 Å². The minimum Gasteiger partial charge on any atom is -0.497 e. The molecule has 0 heterocycles. The number of benzene rings is 1. The third-order valence-electron chi connectivity index (χ3n) is 5.18. The first-order valence-electron chi connectivity index (χ1n) is 8.83. The van der Waals surface area contributed by atoms with E-state index in [9.17, 15) is 9.90 Å². The molecule has 27 heavy (non-hydrogen) atoms. The zero-order valence-corrected chi connectivity index (χ0v) is 15.7. The average Bonchev–Trinajstić information content (AvgIpc) is 2.67. The Morgan fingerprint density at radius 2 is 2.07 bits per heavy atom. The third-order valence-corrected chi connectivity index (χ3v) is 5.18. The van der Waals surface area contributed by atoms with E-state index in [0.717, 1.165) is 5.56 Å². The predicted molar refractivity (Wildman–Crippen MR) is 102 cm³/mol. The minimum absolute atomic E-state index is 0.213. The molecule has 0 radical (unpaired) electrons. The van der Waals surface area contributed by atoms with Crippen molar-refractivity contribution in [1.29, 1.82) is 0 Å². The van der Waals surface area contributed by atoms with Gasteiger partial charge in [-0.3, -0.25) is 9.64 Å². The van der Waals surface area contributed by atoms with Crippen LogP contribution >= 0.6 is 0 Å². The van der Waals surface area contributed by atoms with Crippen LogP contribution in [0.25, 0.3) is 9.69 Å². The molecule has 1 aliphatic rings. The van der Waals surface area contributed by atoms with E-state index in [1.54, 1.807) is 7.11 Å². The fourth-order valence-electron chi connectivity index (χ4n) is 3.78. The highest BCUT2D eigenvalue weighted by Gasteiger charge is 2.60. The number of rotatable bonds is 6. The lowest BCUT2D eigenvalue weighted by atomic mass is 9.68. The second-order valence-electron chi connectivity index (χ2n) is 6.86. The van der Waals surface area contributed by atoms with Crippen molar-refractivity contribution in [3.05, 3.63) is 58.4 Å². The Morgan fingerprint density at radius 3 is 2.59 bits per heavy atom. The molecule has 0 aromatic heterocycles. The van der Waals surface area contributed by atoms with Gasteiger partial charge in [0.1, 0.15) is 11.9 Å². The number of carbonyl (C=O) groups is 1. The standard InChI is InChI=1S/C21H25N2O4/c1-14(22-3)21(23-4,13-16-6-9-18(26-5)10-7-16)19-12-17(25)8-11-20(19)27-15(2)24/h3,6-7,9-10,17,19-20,25H,1,8,11-13H2,2,5H3/q+1. The summed E-state index contributed by atoms with van der Waals surface area (Å²) in [5, 5.41) is 10.2. The van der Waals surface area contributed by atoms with E-state index in [4.69, 9.17) is 22.6 Å². The highest BCUT2D eigenvalue weighted by molar-refractivity contribution is 5.66. The number of esters is 1. The van der Waals surface area contributed by atoms with Crippen molar-refractivity contribution in [3.63, 3.8) is 0 Å². The van der Waals surface area contributed by atoms with Gasteiger partial charge in [-0.2, -0.15) is 0 Å². The van der Waals surface area contributed by atoms with E-state index in [-0.39, 0.29) is 12.1 Å². The molecule has 1 saturated carbocycles. The molecule has 142 valence electrons. The third kappa shape index (κ3) is 4.48. The predicted octanol–water partition coefficient (Wildman–Crippen LogP) is 3.46. The van der Waals surface area contributed by atoms with Gasteiger partial charge in [0.15, 0.2) is 0 Å². The Labute approximate surface area is 160 Å². The van der Waals surface area contributed by atoms with Crippen LogP contribution in [-0.4, -0.2) is 35.9 Å². The van der Waals surface area contributed by atoms with Crippen molar-refractivity contribution in [2.45, 2.75) is 50.4 Å². The minimum atomic E-state index is -1.22. The van der Waals surface area contributed by atoms with Crippen LogP contribution in [0.15, 0.2) is 36.5 Å². The van der Waals surface area contributed by atoms with E-state index < -0.39 is 29.6 Å². The van der Waals surface area contributed by atoms with Gasteiger partial charge in [-0.05, 0) is 48.4 Å². The summed E-state index contributed by atoms with van der Waals surface area (Å²) in [4.78, 5) is 19.2. The first-order valence-corrected chi connectivity index (χ1v) is 8.83. The van der Waals surface area contributed by atoms with Crippen molar-refractivity contribution in [2.75, 3.05) is 7.11 Å². The van der Waals surface area contributed by atoms with Crippen LogP contribution < -0.4 is 4.74 Å². The molecule has 4 unspecified atom stereocenters. The van der Waals surface area contributed by atoms with Crippen LogP contribution in [0.4, 0.5) is 0 Å². The summed E-state index contributed by atoms with van der Waals surface area (Å²) in [6.45, 7) is 18.7. The van der Waals surface area contributed by atoms with Gasteiger partial charge in [-0.25, -0.2) is 6.57 Å². The maximum atomic E-state index is 11.6. The fraction of sp³-hybridized carbons (Fsp3) is 0.476. The second kappa shape index (κ2) is 8.70. The summed E-state index contributed by atoms with van der Waals surface area (Å²) in [6, 6.07) is 7.35. The van der Waals surface area contributed by atoms with E-state index >= 15 is 0 Å². The zero-order chi connectivity index (χ0) is 20.0. The number of carbonyl (C=O) groups excluding carboxylic acids is 1. The molecule has 6 nitrogen and oxygen atoms in total. The van der Waals surface area contributed by atoms with E-state index in [1.165, 1.54) is 6.92 Å². The van der Waals surface area contributed by atoms with Crippen LogP contribution in [-0.2, 0) is 16.0 Å². The lowest BCUT2D eigenvalue weighted by Gasteiger charge is -2.37. The van der Waals surface area contributed by atoms with Gasteiger partial charge in [-0.15, -0.1) is 0 Å².